The van der Waals surface area contributed by atoms with Crippen molar-refractivity contribution < 1.29 is 13.2 Å². The lowest BCUT2D eigenvalue weighted by Crippen LogP contribution is -2.48. The molecule has 3 rings (SSSR count). The number of anilines is 1. The van der Waals surface area contributed by atoms with Gasteiger partial charge in [0.15, 0.2) is 0 Å². The van der Waals surface area contributed by atoms with Crippen molar-refractivity contribution in [3.05, 3.63) is 63.1 Å². The van der Waals surface area contributed by atoms with Gasteiger partial charge in [0, 0.05) is 10.0 Å². The van der Waals surface area contributed by atoms with Crippen LogP contribution in [0.1, 0.15) is 49.4 Å². The molecule has 0 radical (unpaired) electrons. The van der Waals surface area contributed by atoms with Gasteiger partial charge in [0.2, 0.25) is 15.9 Å². The molecule has 1 N–H and O–H groups in total. The van der Waals surface area contributed by atoms with Crippen LogP contribution >= 0.6 is 23.2 Å². The number of carbonyl (C=O) groups is 1. The van der Waals surface area contributed by atoms with Crippen LogP contribution in [0.25, 0.3) is 0 Å². The number of hydrogen-bond donors (Lipinski definition) is 1. The number of hydrogen-bond acceptors (Lipinski definition) is 3. The van der Waals surface area contributed by atoms with Crippen molar-refractivity contribution in [1.29, 1.82) is 0 Å². The highest BCUT2D eigenvalue weighted by molar-refractivity contribution is 7.92. The molecule has 30 heavy (non-hydrogen) atoms. The van der Waals surface area contributed by atoms with E-state index in [1.54, 1.807) is 6.92 Å². The van der Waals surface area contributed by atoms with Crippen molar-refractivity contribution in [3.63, 3.8) is 0 Å². The molecule has 0 bridgehead atoms. The zero-order chi connectivity index (χ0) is 22.1. The van der Waals surface area contributed by atoms with Crippen LogP contribution in [-0.2, 0) is 27.7 Å². The van der Waals surface area contributed by atoms with Crippen LogP contribution < -0.4 is 9.62 Å². The van der Waals surface area contributed by atoms with E-state index in [2.05, 4.69) is 17.4 Å². The zero-order valence-corrected chi connectivity index (χ0v) is 19.6. The summed E-state index contributed by atoms with van der Waals surface area (Å²) in [5.74, 6) is -0.401. The second-order valence-electron chi connectivity index (χ2n) is 7.83. The second-order valence-corrected chi connectivity index (χ2v) is 10.6. The SMILES string of the molecule is C[C@H](C(=O)N[C@H](C)c1ccc2c(c1)CCCC2)N(c1cc(Cl)cc(Cl)c1)S(C)(=O)=O. The van der Waals surface area contributed by atoms with E-state index in [-0.39, 0.29) is 11.7 Å². The Morgan fingerprint density at radius 2 is 1.60 bits per heavy atom. The molecular weight excluding hydrogens is 443 g/mol. The summed E-state index contributed by atoms with van der Waals surface area (Å²) in [5.41, 5.74) is 3.96. The largest absolute Gasteiger partial charge is 0.348 e. The fourth-order valence-corrected chi connectivity index (χ4v) is 5.59. The number of sulfonamides is 1. The second kappa shape index (κ2) is 9.16. The van der Waals surface area contributed by atoms with E-state index in [1.807, 2.05) is 13.0 Å². The quantitative estimate of drug-likeness (QED) is 0.654. The molecule has 1 aliphatic rings. The summed E-state index contributed by atoms with van der Waals surface area (Å²) in [6.45, 7) is 3.45. The van der Waals surface area contributed by atoms with Crippen LogP contribution in [0.2, 0.25) is 10.0 Å². The van der Waals surface area contributed by atoms with E-state index in [0.29, 0.717) is 10.0 Å². The molecule has 0 heterocycles. The number of rotatable bonds is 6. The zero-order valence-electron chi connectivity index (χ0n) is 17.3. The Kier molecular flexibility index (Phi) is 7.00. The number of benzene rings is 2. The third kappa shape index (κ3) is 5.29. The van der Waals surface area contributed by atoms with Crippen LogP contribution in [0.4, 0.5) is 5.69 Å². The predicted molar refractivity (Wildman–Crippen MR) is 123 cm³/mol. The van der Waals surface area contributed by atoms with Crippen molar-refractivity contribution in [2.24, 2.45) is 0 Å². The van der Waals surface area contributed by atoms with Gasteiger partial charge in [-0.2, -0.15) is 0 Å². The molecule has 0 aliphatic heterocycles. The summed E-state index contributed by atoms with van der Waals surface area (Å²) < 4.78 is 26.0. The van der Waals surface area contributed by atoms with Gasteiger partial charge < -0.3 is 5.32 Å². The fourth-order valence-electron chi connectivity index (χ4n) is 3.92. The topological polar surface area (TPSA) is 66.5 Å². The van der Waals surface area contributed by atoms with E-state index >= 15 is 0 Å². The van der Waals surface area contributed by atoms with Gasteiger partial charge in [0.05, 0.1) is 18.0 Å². The molecule has 0 unspecified atom stereocenters. The van der Waals surface area contributed by atoms with Gasteiger partial charge in [-0.1, -0.05) is 41.4 Å². The molecule has 0 aromatic heterocycles. The third-order valence-electron chi connectivity index (χ3n) is 5.42. The molecule has 8 heteroatoms. The van der Waals surface area contributed by atoms with Crippen LogP contribution in [0.15, 0.2) is 36.4 Å². The van der Waals surface area contributed by atoms with Gasteiger partial charge in [-0.05, 0) is 74.4 Å². The lowest BCUT2D eigenvalue weighted by Gasteiger charge is -2.29. The van der Waals surface area contributed by atoms with Crippen LogP contribution in [-0.4, -0.2) is 26.6 Å². The maximum absolute atomic E-state index is 13.0. The first-order valence-electron chi connectivity index (χ1n) is 9.94. The Morgan fingerprint density at radius 1 is 1.00 bits per heavy atom. The van der Waals surface area contributed by atoms with Crippen molar-refractivity contribution in [1.82, 2.24) is 5.32 Å². The van der Waals surface area contributed by atoms with Crippen molar-refractivity contribution in [3.8, 4) is 0 Å². The summed E-state index contributed by atoms with van der Waals surface area (Å²) in [5, 5.41) is 3.53. The minimum atomic E-state index is -3.75. The normalized spacial score (nSPS) is 15.8. The highest BCUT2D eigenvalue weighted by Crippen LogP contribution is 2.29. The maximum atomic E-state index is 13.0. The number of aryl methyl sites for hydroxylation is 2. The highest BCUT2D eigenvalue weighted by atomic mass is 35.5. The molecule has 2 atom stereocenters. The summed E-state index contributed by atoms with van der Waals surface area (Å²) in [4.78, 5) is 13.0. The van der Waals surface area contributed by atoms with E-state index in [1.165, 1.54) is 42.2 Å². The fraction of sp³-hybridized carbons (Fsp3) is 0.409. The molecule has 0 saturated carbocycles. The summed E-state index contributed by atoms with van der Waals surface area (Å²) in [6.07, 6.45) is 5.60. The number of fused-ring (bicyclic) bond motifs is 1. The van der Waals surface area contributed by atoms with E-state index < -0.39 is 22.0 Å². The smallest absolute Gasteiger partial charge is 0.244 e. The lowest BCUT2D eigenvalue weighted by atomic mass is 9.89. The summed E-state index contributed by atoms with van der Waals surface area (Å²) >= 11 is 12.1. The molecule has 162 valence electrons. The molecule has 2 aromatic carbocycles. The Hall–Kier alpha value is -1.76. The van der Waals surface area contributed by atoms with Gasteiger partial charge in [0.25, 0.3) is 0 Å². The summed E-state index contributed by atoms with van der Waals surface area (Å²) in [6, 6.07) is 9.55. The number of nitrogens with one attached hydrogen (secondary N) is 1. The number of amides is 1. The predicted octanol–water partition coefficient (Wildman–Crippen LogP) is 4.90. The van der Waals surface area contributed by atoms with Gasteiger partial charge in [0.1, 0.15) is 6.04 Å². The molecule has 5 nitrogen and oxygen atoms in total. The van der Waals surface area contributed by atoms with Crippen LogP contribution in [0.5, 0.6) is 0 Å². The molecule has 2 aromatic rings. The molecular formula is C22H26Cl2N2O3S. The van der Waals surface area contributed by atoms with Crippen molar-refractivity contribution in [2.45, 2.75) is 51.6 Å². The number of halogens is 2. The standard InChI is InChI=1S/C22H26Cl2N2O3S/c1-14(17-9-8-16-6-4-5-7-18(16)10-17)25-22(27)15(2)26(30(3,28)29)21-12-19(23)11-20(24)13-21/h8-15H,4-7H2,1-3H3,(H,25,27)/t14-,15-/m1/s1. The summed E-state index contributed by atoms with van der Waals surface area (Å²) in [7, 11) is -3.75. The first-order valence-corrected chi connectivity index (χ1v) is 12.5. The minimum Gasteiger partial charge on any atom is -0.348 e. The van der Waals surface area contributed by atoms with E-state index in [9.17, 15) is 13.2 Å². The minimum absolute atomic E-state index is 0.249. The van der Waals surface area contributed by atoms with Gasteiger partial charge in [-0.25, -0.2) is 8.42 Å². The van der Waals surface area contributed by atoms with Crippen LogP contribution in [0.3, 0.4) is 0 Å². The molecule has 1 amide bonds. The van der Waals surface area contributed by atoms with Crippen molar-refractivity contribution >= 4 is 44.8 Å². The number of carbonyl (C=O) groups excluding carboxylic acids is 1. The van der Waals surface area contributed by atoms with E-state index in [0.717, 1.165) is 29.0 Å². The third-order valence-corrected chi connectivity index (χ3v) is 7.10. The average Bonchev–Trinajstić information content (AvgIpc) is 2.65. The first-order chi connectivity index (χ1) is 14.1. The number of nitrogens with zero attached hydrogens (tertiary/aromatic N) is 1. The Balaban J connectivity index is 1.81. The van der Waals surface area contributed by atoms with E-state index in [4.69, 9.17) is 23.2 Å². The van der Waals surface area contributed by atoms with Crippen molar-refractivity contribution in [2.75, 3.05) is 10.6 Å². The Morgan fingerprint density at radius 3 is 2.20 bits per heavy atom. The molecule has 1 aliphatic carbocycles. The molecule has 0 fully saturated rings. The van der Waals surface area contributed by atoms with Gasteiger partial charge in [-0.3, -0.25) is 9.10 Å². The average molecular weight is 469 g/mol. The lowest BCUT2D eigenvalue weighted by molar-refractivity contribution is -0.122. The Bertz CT molecular complexity index is 1040. The molecule has 0 saturated heterocycles. The van der Waals surface area contributed by atoms with Gasteiger partial charge >= 0.3 is 0 Å². The van der Waals surface area contributed by atoms with Gasteiger partial charge in [-0.15, -0.1) is 0 Å². The Labute approximate surface area is 188 Å². The monoisotopic (exact) mass is 468 g/mol. The van der Waals surface area contributed by atoms with Crippen LogP contribution in [0, 0.1) is 0 Å². The first kappa shape index (κ1) is 22.9. The highest BCUT2D eigenvalue weighted by Gasteiger charge is 2.30. The maximum Gasteiger partial charge on any atom is 0.244 e. The molecule has 0 spiro atoms.